The van der Waals surface area contributed by atoms with Gasteiger partial charge in [-0.2, -0.15) is 5.10 Å². The molecule has 29 heavy (non-hydrogen) atoms. The molecule has 0 saturated carbocycles. The minimum atomic E-state index is -0.143. The van der Waals surface area contributed by atoms with Gasteiger partial charge in [0.1, 0.15) is 0 Å². The van der Waals surface area contributed by atoms with Crippen LogP contribution in [0, 0.1) is 0 Å². The van der Waals surface area contributed by atoms with Gasteiger partial charge in [0.2, 0.25) is 0 Å². The third-order valence-electron chi connectivity index (χ3n) is 4.55. The fourth-order valence-electron chi connectivity index (χ4n) is 3.16. The van der Waals surface area contributed by atoms with Gasteiger partial charge in [0.05, 0.1) is 17.1 Å². The second-order valence-electron chi connectivity index (χ2n) is 6.94. The highest BCUT2D eigenvalue weighted by Crippen LogP contribution is 2.28. The third kappa shape index (κ3) is 4.10. The number of nitrogens with one attached hydrogen (secondary N) is 1. The maximum Gasteiger partial charge on any atom is 0.265 e. The molecule has 0 atom stereocenters. The Hall–Kier alpha value is -3.70. The smallest absolute Gasteiger partial charge is 0.265 e. The van der Waals surface area contributed by atoms with Crippen LogP contribution in [-0.2, 0) is 0 Å². The summed E-state index contributed by atoms with van der Waals surface area (Å²) in [5.41, 5.74) is 8.28. The van der Waals surface area contributed by atoms with Gasteiger partial charge in [-0.15, -0.1) is 0 Å². The number of hydrazine groups is 1. The fourth-order valence-corrected chi connectivity index (χ4v) is 3.16. The molecule has 0 aliphatic rings. The zero-order chi connectivity index (χ0) is 20.2. The topological polar surface area (TPSA) is 50.2 Å². The predicted molar refractivity (Wildman–Crippen MR) is 116 cm³/mol. The molecule has 4 rings (SSSR count). The molecule has 1 amide bonds. The van der Waals surface area contributed by atoms with Gasteiger partial charge < -0.3 is 0 Å². The lowest BCUT2D eigenvalue weighted by atomic mass is 10.1. The van der Waals surface area contributed by atoms with Crippen molar-refractivity contribution in [1.82, 2.24) is 20.2 Å². The van der Waals surface area contributed by atoms with E-state index < -0.39 is 0 Å². The van der Waals surface area contributed by atoms with E-state index in [-0.39, 0.29) is 5.91 Å². The summed E-state index contributed by atoms with van der Waals surface area (Å²) in [7, 11) is 3.57. The number of rotatable bonds is 5. The van der Waals surface area contributed by atoms with Crippen molar-refractivity contribution in [2.24, 2.45) is 0 Å². The summed E-state index contributed by atoms with van der Waals surface area (Å²) < 4.78 is 1.92. The van der Waals surface area contributed by atoms with E-state index in [2.05, 4.69) is 35.8 Å². The van der Waals surface area contributed by atoms with Gasteiger partial charge in [-0.1, -0.05) is 60.7 Å². The summed E-state index contributed by atoms with van der Waals surface area (Å²) in [6.45, 7) is 0. The van der Waals surface area contributed by atoms with Crippen LogP contribution in [0.1, 0.15) is 10.4 Å². The van der Waals surface area contributed by atoms with Gasteiger partial charge in [0.25, 0.3) is 5.91 Å². The number of aromatic nitrogens is 2. The Morgan fingerprint density at radius 1 is 0.828 bits per heavy atom. The molecular weight excluding hydrogens is 360 g/mol. The molecule has 3 aromatic carbocycles. The Labute approximate surface area is 170 Å². The number of carbonyl (C=O) groups is 1. The Morgan fingerprint density at radius 2 is 1.41 bits per heavy atom. The van der Waals surface area contributed by atoms with Crippen LogP contribution in [0.3, 0.4) is 0 Å². The highest BCUT2D eigenvalue weighted by molar-refractivity contribution is 5.94. The summed E-state index contributed by atoms with van der Waals surface area (Å²) in [6.07, 6.45) is 0. The maximum absolute atomic E-state index is 12.2. The van der Waals surface area contributed by atoms with E-state index in [0.29, 0.717) is 5.56 Å². The highest BCUT2D eigenvalue weighted by atomic mass is 16.2. The Balaban J connectivity index is 1.76. The van der Waals surface area contributed by atoms with E-state index in [0.717, 1.165) is 28.2 Å². The highest BCUT2D eigenvalue weighted by Gasteiger charge is 2.14. The molecule has 0 fully saturated rings. The Morgan fingerprint density at radius 3 is 2.00 bits per heavy atom. The first-order valence-electron chi connectivity index (χ1n) is 9.41. The van der Waals surface area contributed by atoms with E-state index in [9.17, 15) is 4.79 Å². The first kappa shape index (κ1) is 18.7. The van der Waals surface area contributed by atoms with E-state index in [1.54, 1.807) is 19.1 Å². The van der Waals surface area contributed by atoms with E-state index in [4.69, 9.17) is 5.10 Å². The number of hydrogen-bond donors (Lipinski definition) is 1. The second-order valence-corrected chi connectivity index (χ2v) is 6.94. The van der Waals surface area contributed by atoms with Crippen molar-refractivity contribution in [3.63, 3.8) is 0 Å². The molecule has 0 spiro atoms. The summed E-state index contributed by atoms with van der Waals surface area (Å²) in [4.78, 5) is 12.2. The van der Waals surface area contributed by atoms with Gasteiger partial charge in [-0.05, 0) is 30.3 Å². The van der Waals surface area contributed by atoms with Gasteiger partial charge in [0.15, 0.2) is 0 Å². The van der Waals surface area contributed by atoms with Crippen molar-refractivity contribution in [2.75, 3.05) is 14.1 Å². The molecule has 4 aromatic rings. The molecule has 1 heterocycles. The number of hydrogen-bond acceptors (Lipinski definition) is 3. The molecule has 0 aliphatic heterocycles. The minimum Gasteiger partial charge on any atom is -0.285 e. The van der Waals surface area contributed by atoms with Crippen LogP contribution >= 0.6 is 0 Å². The summed E-state index contributed by atoms with van der Waals surface area (Å²) in [6, 6.07) is 29.8. The van der Waals surface area contributed by atoms with E-state index in [1.807, 2.05) is 65.3 Å². The van der Waals surface area contributed by atoms with Crippen LogP contribution < -0.4 is 5.43 Å². The lowest BCUT2D eigenvalue weighted by Gasteiger charge is -2.12. The SMILES string of the molecule is CN(C)NC(=O)c1ccc(-n2nc(-c3ccccc3)cc2-c2ccccc2)cc1. The van der Waals surface area contributed by atoms with Crippen molar-refractivity contribution < 1.29 is 4.79 Å². The number of benzene rings is 3. The standard InChI is InChI=1S/C24H22N4O/c1-27(2)26-24(29)20-13-15-21(16-14-20)28-23(19-11-7-4-8-12-19)17-22(25-28)18-9-5-3-6-10-18/h3-17H,1-2H3,(H,26,29). The number of nitrogens with zero attached hydrogens (tertiary/aromatic N) is 3. The number of amides is 1. The zero-order valence-electron chi connectivity index (χ0n) is 16.4. The van der Waals surface area contributed by atoms with Gasteiger partial charge in [-0.3, -0.25) is 10.2 Å². The molecule has 5 heteroatoms. The first-order valence-corrected chi connectivity index (χ1v) is 9.41. The van der Waals surface area contributed by atoms with Crippen LogP contribution in [0.2, 0.25) is 0 Å². The minimum absolute atomic E-state index is 0.143. The molecule has 144 valence electrons. The second kappa shape index (κ2) is 8.12. The average molecular weight is 382 g/mol. The van der Waals surface area contributed by atoms with Crippen LogP contribution in [0.25, 0.3) is 28.2 Å². The summed E-state index contributed by atoms with van der Waals surface area (Å²) in [5, 5.41) is 6.49. The molecule has 0 saturated heterocycles. The molecule has 0 bridgehead atoms. The molecule has 1 aromatic heterocycles. The maximum atomic E-state index is 12.2. The zero-order valence-corrected chi connectivity index (χ0v) is 16.4. The molecule has 1 N–H and O–H groups in total. The van der Waals surface area contributed by atoms with Gasteiger partial charge >= 0.3 is 0 Å². The third-order valence-corrected chi connectivity index (χ3v) is 4.55. The molecule has 5 nitrogen and oxygen atoms in total. The predicted octanol–water partition coefficient (Wildman–Crippen LogP) is 4.41. The van der Waals surface area contributed by atoms with Crippen LogP contribution in [-0.4, -0.2) is 34.8 Å². The van der Waals surface area contributed by atoms with Crippen LogP contribution in [0.4, 0.5) is 0 Å². The number of carbonyl (C=O) groups excluding carboxylic acids is 1. The quantitative estimate of drug-likeness (QED) is 0.520. The van der Waals surface area contributed by atoms with E-state index >= 15 is 0 Å². The lowest BCUT2D eigenvalue weighted by molar-refractivity contribution is 0.0857. The normalized spacial score (nSPS) is 10.9. The molecule has 0 aliphatic carbocycles. The van der Waals surface area contributed by atoms with Crippen molar-refractivity contribution in [3.05, 3.63) is 96.6 Å². The van der Waals surface area contributed by atoms with Crippen molar-refractivity contribution >= 4 is 5.91 Å². The molecule has 0 unspecified atom stereocenters. The van der Waals surface area contributed by atoms with Crippen LogP contribution in [0.5, 0.6) is 0 Å². The first-order chi connectivity index (χ1) is 14.1. The van der Waals surface area contributed by atoms with Crippen LogP contribution in [0.15, 0.2) is 91.0 Å². The Bertz CT molecular complexity index is 1100. The lowest BCUT2D eigenvalue weighted by Crippen LogP contribution is -2.36. The largest absolute Gasteiger partial charge is 0.285 e. The monoisotopic (exact) mass is 382 g/mol. The Kier molecular flexibility index (Phi) is 5.22. The van der Waals surface area contributed by atoms with Crippen molar-refractivity contribution in [1.29, 1.82) is 0 Å². The van der Waals surface area contributed by atoms with Crippen molar-refractivity contribution in [3.8, 4) is 28.2 Å². The fraction of sp³-hybridized carbons (Fsp3) is 0.0833. The van der Waals surface area contributed by atoms with Gasteiger partial charge in [0, 0.05) is 30.8 Å². The van der Waals surface area contributed by atoms with E-state index in [1.165, 1.54) is 0 Å². The summed E-state index contributed by atoms with van der Waals surface area (Å²) in [5.74, 6) is -0.143. The van der Waals surface area contributed by atoms with Crippen molar-refractivity contribution in [2.45, 2.75) is 0 Å². The molecular formula is C24H22N4O. The van der Waals surface area contributed by atoms with Gasteiger partial charge in [-0.25, -0.2) is 9.69 Å². The summed E-state index contributed by atoms with van der Waals surface area (Å²) >= 11 is 0. The molecule has 0 radical (unpaired) electrons. The average Bonchev–Trinajstić information content (AvgIpc) is 3.20.